The number of halogens is 1. The number of hydrogen-bond donors (Lipinski definition) is 2. The monoisotopic (exact) mass is 267 g/mol. The highest BCUT2D eigenvalue weighted by Gasteiger charge is 2.26. The van der Waals surface area contributed by atoms with Crippen LogP contribution in [0.4, 0.5) is 5.69 Å². The number of nitrogens with zero attached hydrogens (tertiary/aromatic N) is 1. The third-order valence-corrected chi connectivity index (χ3v) is 3.79. The SMILES string of the molecule is CC(N(C)c1cccc(Cl)c1C(=N)N)C(C)(C)C. The van der Waals surface area contributed by atoms with E-state index in [4.69, 9.17) is 22.7 Å². The van der Waals surface area contributed by atoms with Gasteiger partial charge < -0.3 is 10.6 Å². The van der Waals surface area contributed by atoms with E-state index < -0.39 is 0 Å². The second-order valence-electron chi connectivity index (χ2n) is 5.70. The number of nitrogens with two attached hydrogens (primary N) is 1. The molecule has 100 valence electrons. The molecule has 4 heteroatoms. The molecule has 0 fully saturated rings. The van der Waals surface area contributed by atoms with Gasteiger partial charge in [-0.3, -0.25) is 5.41 Å². The largest absolute Gasteiger partial charge is 0.384 e. The Bertz CT molecular complexity index is 449. The van der Waals surface area contributed by atoms with Gasteiger partial charge in [0.15, 0.2) is 0 Å². The van der Waals surface area contributed by atoms with Gasteiger partial charge in [0, 0.05) is 18.8 Å². The van der Waals surface area contributed by atoms with Crippen LogP contribution in [0, 0.1) is 10.8 Å². The highest BCUT2D eigenvalue weighted by Crippen LogP contribution is 2.32. The van der Waals surface area contributed by atoms with Crippen molar-refractivity contribution < 1.29 is 0 Å². The van der Waals surface area contributed by atoms with E-state index in [0.29, 0.717) is 16.6 Å². The zero-order valence-electron chi connectivity index (χ0n) is 11.7. The molecule has 0 aromatic heterocycles. The molecule has 1 atom stereocenters. The third kappa shape index (κ3) is 2.96. The van der Waals surface area contributed by atoms with Gasteiger partial charge in [0.25, 0.3) is 0 Å². The molecule has 0 saturated heterocycles. The van der Waals surface area contributed by atoms with Crippen LogP contribution in [-0.2, 0) is 0 Å². The normalized spacial score (nSPS) is 13.2. The average molecular weight is 268 g/mol. The van der Waals surface area contributed by atoms with E-state index in [-0.39, 0.29) is 11.3 Å². The van der Waals surface area contributed by atoms with E-state index in [9.17, 15) is 0 Å². The van der Waals surface area contributed by atoms with Gasteiger partial charge in [-0.1, -0.05) is 38.4 Å². The molecular weight excluding hydrogens is 246 g/mol. The summed E-state index contributed by atoms with van der Waals surface area (Å²) in [5, 5.41) is 8.20. The first-order chi connectivity index (χ1) is 8.16. The van der Waals surface area contributed by atoms with Gasteiger partial charge in [-0.2, -0.15) is 0 Å². The minimum Gasteiger partial charge on any atom is -0.384 e. The first kappa shape index (κ1) is 14.8. The van der Waals surface area contributed by atoms with Crippen molar-refractivity contribution in [3.63, 3.8) is 0 Å². The van der Waals surface area contributed by atoms with E-state index >= 15 is 0 Å². The molecule has 0 heterocycles. The van der Waals surface area contributed by atoms with Crippen LogP contribution in [0.3, 0.4) is 0 Å². The van der Waals surface area contributed by atoms with E-state index in [1.165, 1.54) is 0 Å². The van der Waals surface area contributed by atoms with Crippen molar-refractivity contribution in [2.24, 2.45) is 11.1 Å². The minimum absolute atomic E-state index is 0.00330. The molecule has 0 bridgehead atoms. The van der Waals surface area contributed by atoms with Crippen LogP contribution in [0.15, 0.2) is 18.2 Å². The number of amidine groups is 1. The van der Waals surface area contributed by atoms with Crippen molar-refractivity contribution in [1.82, 2.24) is 0 Å². The molecule has 1 rings (SSSR count). The quantitative estimate of drug-likeness (QED) is 0.651. The van der Waals surface area contributed by atoms with Crippen molar-refractivity contribution in [1.29, 1.82) is 5.41 Å². The lowest BCUT2D eigenvalue weighted by Crippen LogP contribution is -2.40. The number of rotatable bonds is 3. The molecule has 1 aromatic rings. The van der Waals surface area contributed by atoms with Crippen molar-refractivity contribution in [2.75, 3.05) is 11.9 Å². The van der Waals surface area contributed by atoms with E-state index in [1.807, 2.05) is 19.2 Å². The number of nitrogens with one attached hydrogen (secondary N) is 1. The summed E-state index contributed by atoms with van der Waals surface area (Å²) in [6.45, 7) is 8.72. The van der Waals surface area contributed by atoms with Crippen LogP contribution in [0.5, 0.6) is 0 Å². The molecule has 18 heavy (non-hydrogen) atoms. The molecule has 1 unspecified atom stereocenters. The highest BCUT2D eigenvalue weighted by molar-refractivity contribution is 6.34. The summed E-state index contributed by atoms with van der Waals surface area (Å²) < 4.78 is 0. The zero-order valence-corrected chi connectivity index (χ0v) is 12.5. The molecule has 0 aliphatic heterocycles. The molecule has 0 radical (unpaired) electrons. The molecule has 0 amide bonds. The fourth-order valence-electron chi connectivity index (χ4n) is 1.86. The second-order valence-corrected chi connectivity index (χ2v) is 6.11. The Hall–Kier alpha value is -1.22. The van der Waals surface area contributed by atoms with Gasteiger partial charge in [0.05, 0.1) is 10.6 Å². The Balaban J connectivity index is 3.26. The van der Waals surface area contributed by atoms with Crippen molar-refractivity contribution in [2.45, 2.75) is 33.7 Å². The third-order valence-electron chi connectivity index (χ3n) is 3.48. The topological polar surface area (TPSA) is 53.1 Å². The van der Waals surface area contributed by atoms with Crippen LogP contribution in [0.2, 0.25) is 5.02 Å². The minimum atomic E-state index is 0.00330. The molecule has 3 N–H and O–H groups in total. The van der Waals surface area contributed by atoms with Crippen molar-refractivity contribution >= 4 is 23.1 Å². The predicted molar refractivity (Wildman–Crippen MR) is 79.8 cm³/mol. The maximum absolute atomic E-state index is 7.67. The predicted octanol–water partition coefficient (Wildman–Crippen LogP) is 3.49. The molecular formula is C14H22ClN3. The maximum Gasteiger partial charge on any atom is 0.126 e. The Morgan fingerprint density at radius 2 is 1.94 bits per heavy atom. The summed E-state index contributed by atoms with van der Waals surface area (Å²) in [6, 6.07) is 5.90. The highest BCUT2D eigenvalue weighted by atomic mass is 35.5. The van der Waals surface area contributed by atoms with E-state index in [0.717, 1.165) is 5.69 Å². The summed E-state index contributed by atoms with van der Waals surface area (Å²) in [6.07, 6.45) is 0. The number of anilines is 1. The van der Waals surface area contributed by atoms with Crippen LogP contribution in [0.1, 0.15) is 33.3 Å². The van der Waals surface area contributed by atoms with Gasteiger partial charge in [0.2, 0.25) is 0 Å². The molecule has 0 saturated carbocycles. The van der Waals surface area contributed by atoms with E-state index in [2.05, 4.69) is 32.6 Å². The van der Waals surface area contributed by atoms with Gasteiger partial charge >= 0.3 is 0 Å². The lowest BCUT2D eigenvalue weighted by atomic mass is 9.86. The number of nitrogen functional groups attached to an aromatic ring is 1. The first-order valence-corrected chi connectivity index (χ1v) is 6.39. The van der Waals surface area contributed by atoms with E-state index in [1.54, 1.807) is 6.07 Å². The summed E-state index contributed by atoms with van der Waals surface area (Å²) in [5.41, 5.74) is 7.27. The lowest BCUT2D eigenvalue weighted by molar-refractivity contribution is 0.329. The first-order valence-electron chi connectivity index (χ1n) is 6.02. The van der Waals surface area contributed by atoms with Gasteiger partial charge in [-0.25, -0.2) is 0 Å². The molecule has 0 spiro atoms. The van der Waals surface area contributed by atoms with Crippen LogP contribution < -0.4 is 10.6 Å². The maximum atomic E-state index is 7.67. The molecule has 1 aromatic carbocycles. The van der Waals surface area contributed by atoms with Gasteiger partial charge in [0.1, 0.15) is 5.84 Å². The van der Waals surface area contributed by atoms with Crippen LogP contribution in [-0.4, -0.2) is 18.9 Å². The summed E-state index contributed by atoms with van der Waals surface area (Å²) >= 11 is 6.14. The van der Waals surface area contributed by atoms with Gasteiger partial charge in [-0.05, 0) is 24.5 Å². The number of hydrogen-bond acceptors (Lipinski definition) is 2. The van der Waals surface area contributed by atoms with Crippen LogP contribution >= 0.6 is 11.6 Å². The summed E-state index contributed by atoms with van der Waals surface area (Å²) in [4.78, 5) is 2.13. The fraction of sp³-hybridized carbons (Fsp3) is 0.500. The smallest absolute Gasteiger partial charge is 0.126 e. The van der Waals surface area contributed by atoms with Gasteiger partial charge in [-0.15, -0.1) is 0 Å². The fourth-order valence-corrected chi connectivity index (χ4v) is 2.13. The summed E-state index contributed by atoms with van der Waals surface area (Å²) in [5.74, 6) is 0.00330. The Morgan fingerprint density at radius 1 is 1.39 bits per heavy atom. The second kappa shape index (κ2) is 5.19. The van der Waals surface area contributed by atoms with Crippen LogP contribution in [0.25, 0.3) is 0 Å². The Kier molecular flexibility index (Phi) is 4.28. The standard InChI is InChI=1S/C14H22ClN3/c1-9(14(2,3)4)18(5)11-8-6-7-10(15)12(11)13(16)17/h6-9H,1-5H3,(H3,16,17). The van der Waals surface area contributed by atoms with Crippen molar-refractivity contribution in [3.8, 4) is 0 Å². The average Bonchev–Trinajstić information content (AvgIpc) is 2.24. The number of benzene rings is 1. The summed E-state index contributed by atoms with van der Waals surface area (Å²) in [7, 11) is 2.01. The Morgan fingerprint density at radius 3 is 2.39 bits per heavy atom. The molecule has 3 nitrogen and oxygen atoms in total. The zero-order chi connectivity index (χ0) is 14.1. The Labute approximate surface area is 114 Å². The lowest BCUT2D eigenvalue weighted by Gasteiger charge is -2.37. The molecule has 0 aliphatic rings. The molecule has 0 aliphatic carbocycles. The van der Waals surface area contributed by atoms with Crippen molar-refractivity contribution in [3.05, 3.63) is 28.8 Å².